The molecule has 27 heavy (non-hydrogen) atoms. The maximum Gasteiger partial charge on any atom is 0.198 e. The summed E-state index contributed by atoms with van der Waals surface area (Å²) in [7, 11) is 0. The molecule has 3 aliphatic heterocycles. The zero-order valence-electron chi connectivity index (χ0n) is 15.4. The molecule has 4 heteroatoms. The number of Topliss-reactive ketones (excluding diaryl/α,β-unsaturated/α-hetero) is 1. The smallest absolute Gasteiger partial charge is 0.198 e. The third-order valence-corrected chi connectivity index (χ3v) is 6.43. The predicted molar refractivity (Wildman–Crippen MR) is 105 cm³/mol. The Morgan fingerprint density at radius 1 is 1.15 bits per heavy atom. The molecule has 0 radical (unpaired) electrons. The minimum absolute atomic E-state index is 0.140. The average Bonchev–Trinajstić information content (AvgIpc) is 3.16. The van der Waals surface area contributed by atoms with Gasteiger partial charge >= 0.3 is 0 Å². The first-order valence-corrected chi connectivity index (χ1v) is 9.92. The third-order valence-electron chi connectivity index (χ3n) is 6.43. The molecule has 0 saturated carbocycles. The minimum Gasteiger partial charge on any atom is -0.453 e. The van der Waals surface area contributed by atoms with Gasteiger partial charge in [0.2, 0.25) is 0 Å². The number of hydrogen-bond acceptors (Lipinski definition) is 4. The first kappa shape index (κ1) is 16.7. The zero-order valence-corrected chi connectivity index (χ0v) is 15.4. The molecule has 3 aromatic rings. The summed E-state index contributed by atoms with van der Waals surface area (Å²) in [4.78, 5) is 19.9. The van der Waals surface area contributed by atoms with E-state index in [1.807, 2.05) is 48.8 Å². The lowest BCUT2D eigenvalue weighted by atomic mass is 9.70. The molecule has 2 bridgehead atoms. The summed E-state index contributed by atoms with van der Waals surface area (Å²) in [5.74, 6) is 1.69. The van der Waals surface area contributed by atoms with Crippen LogP contribution in [0.2, 0.25) is 0 Å². The second-order valence-electron chi connectivity index (χ2n) is 7.95. The average molecular weight is 360 g/mol. The summed E-state index contributed by atoms with van der Waals surface area (Å²) in [5, 5.41) is 1.00. The molecule has 2 aromatic heterocycles. The van der Waals surface area contributed by atoms with Crippen molar-refractivity contribution in [1.82, 2.24) is 9.88 Å². The van der Waals surface area contributed by atoms with E-state index < -0.39 is 0 Å². The normalized spacial score (nSPS) is 27.1. The SMILES string of the molecule is O=C(CC1C2CCN(CC2)C1Cc1cccnc1)c1cc2ccccc2o1. The fourth-order valence-corrected chi connectivity index (χ4v) is 5.04. The Morgan fingerprint density at radius 3 is 2.78 bits per heavy atom. The number of aromatic nitrogens is 1. The maximum atomic E-state index is 13.0. The van der Waals surface area contributed by atoms with E-state index in [1.165, 1.54) is 18.4 Å². The molecule has 3 aliphatic rings. The Hall–Kier alpha value is -2.46. The number of nitrogens with zero attached hydrogens (tertiary/aromatic N) is 2. The summed E-state index contributed by atoms with van der Waals surface area (Å²) < 4.78 is 5.83. The lowest BCUT2D eigenvalue weighted by Gasteiger charge is -2.51. The van der Waals surface area contributed by atoms with Crippen LogP contribution < -0.4 is 0 Å². The number of piperidine rings is 3. The van der Waals surface area contributed by atoms with Gasteiger partial charge < -0.3 is 4.42 Å². The summed E-state index contributed by atoms with van der Waals surface area (Å²) in [6.45, 7) is 2.32. The van der Waals surface area contributed by atoms with Crippen LogP contribution >= 0.6 is 0 Å². The second-order valence-corrected chi connectivity index (χ2v) is 7.95. The number of para-hydroxylation sites is 1. The summed E-state index contributed by atoms with van der Waals surface area (Å²) in [6, 6.07) is 14.3. The third kappa shape index (κ3) is 3.19. The number of fused-ring (bicyclic) bond motifs is 4. The van der Waals surface area contributed by atoms with Gasteiger partial charge in [-0.1, -0.05) is 24.3 Å². The Labute approximate surface area is 159 Å². The number of furan rings is 1. The molecule has 3 saturated heterocycles. The molecule has 0 N–H and O–H groups in total. The molecule has 4 nitrogen and oxygen atoms in total. The monoisotopic (exact) mass is 360 g/mol. The Balaban J connectivity index is 1.38. The highest BCUT2D eigenvalue weighted by molar-refractivity contribution is 5.97. The number of hydrogen-bond donors (Lipinski definition) is 0. The number of benzene rings is 1. The van der Waals surface area contributed by atoms with E-state index in [2.05, 4.69) is 16.0 Å². The van der Waals surface area contributed by atoms with E-state index in [-0.39, 0.29) is 5.78 Å². The number of rotatable bonds is 5. The molecular formula is C23H24N2O2. The van der Waals surface area contributed by atoms with Crippen molar-refractivity contribution in [2.24, 2.45) is 11.8 Å². The van der Waals surface area contributed by atoms with Gasteiger partial charge in [-0.15, -0.1) is 0 Å². The largest absolute Gasteiger partial charge is 0.453 e. The van der Waals surface area contributed by atoms with Crippen molar-refractivity contribution in [2.75, 3.05) is 13.1 Å². The maximum absolute atomic E-state index is 13.0. The molecule has 0 amide bonds. The van der Waals surface area contributed by atoms with Crippen LogP contribution in [-0.4, -0.2) is 34.8 Å². The zero-order chi connectivity index (χ0) is 18.2. The Bertz CT molecular complexity index is 908. The highest BCUT2D eigenvalue weighted by Gasteiger charge is 2.43. The van der Waals surface area contributed by atoms with Gasteiger partial charge in [0, 0.05) is 30.2 Å². The van der Waals surface area contributed by atoms with Gasteiger partial charge in [0.05, 0.1) is 0 Å². The molecule has 5 heterocycles. The van der Waals surface area contributed by atoms with Gasteiger partial charge in [-0.2, -0.15) is 0 Å². The van der Waals surface area contributed by atoms with E-state index in [0.717, 1.165) is 30.5 Å². The van der Waals surface area contributed by atoms with Crippen LogP contribution in [-0.2, 0) is 6.42 Å². The van der Waals surface area contributed by atoms with E-state index in [1.54, 1.807) is 0 Å². The van der Waals surface area contributed by atoms with Crippen LogP contribution in [0, 0.1) is 11.8 Å². The quantitative estimate of drug-likeness (QED) is 0.635. The molecule has 2 unspecified atom stereocenters. The molecule has 1 aromatic carbocycles. The van der Waals surface area contributed by atoms with Gasteiger partial charge in [-0.05, 0) is 68.0 Å². The highest BCUT2D eigenvalue weighted by atomic mass is 16.3. The van der Waals surface area contributed by atoms with Crippen LogP contribution in [0.4, 0.5) is 0 Å². The number of carbonyl (C=O) groups excluding carboxylic acids is 1. The van der Waals surface area contributed by atoms with Crippen LogP contribution in [0.1, 0.15) is 35.4 Å². The van der Waals surface area contributed by atoms with Crippen LogP contribution in [0.15, 0.2) is 59.3 Å². The molecular weight excluding hydrogens is 336 g/mol. The van der Waals surface area contributed by atoms with Crippen molar-refractivity contribution in [3.63, 3.8) is 0 Å². The van der Waals surface area contributed by atoms with Gasteiger partial charge in [-0.3, -0.25) is 14.7 Å². The molecule has 6 rings (SSSR count). The first-order chi connectivity index (χ1) is 13.3. The summed E-state index contributed by atoms with van der Waals surface area (Å²) >= 11 is 0. The van der Waals surface area contributed by atoms with Crippen molar-refractivity contribution >= 4 is 16.8 Å². The first-order valence-electron chi connectivity index (χ1n) is 9.92. The van der Waals surface area contributed by atoms with Crippen molar-refractivity contribution in [3.05, 3.63) is 66.2 Å². The van der Waals surface area contributed by atoms with Crippen molar-refractivity contribution in [2.45, 2.75) is 31.7 Å². The fraction of sp³-hybridized carbons (Fsp3) is 0.391. The molecule has 3 fully saturated rings. The van der Waals surface area contributed by atoms with Crippen LogP contribution in [0.25, 0.3) is 11.0 Å². The van der Waals surface area contributed by atoms with Crippen molar-refractivity contribution in [1.29, 1.82) is 0 Å². The Morgan fingerprint density at radius 2 is 2.00 bits per heavy atom. The summed E-state index contributed by atoms with van der Waals surface area (Å²) in [5.41, 5.74) is 2.05. The molecule has 0 spiro atoms. The van der Waals surface area contributed by atoms with Gasteiger partial charge in [0.15, 0.2) is 11.5 Å². The number of pyridine rings is 1. The topological polar surface area (TPSA) is 46.3 Å². The standard InChI is InChI=1S/C23H24N2O2/c26-21(23-13-18-5-1-2-6-22(18)27-23)14-19-17-7-10-25(11-8-17)20(19)12-16-4-3-9-24-15-16/h1-6,9,13,15,17,19-20H,7-8,10-12,14H2. The van der Waals surface area contributed by atoms with E-state index >= 15 is 0 Å². The fourth-order valence-electron chi connectivity index (χ4n) is 5.04. The lowest BCUT2D eigenvalue weighted by Crippen LogP contribution is -2.56. The lowest BCUT2D eigenvalue weighted by molar-refractivity contribution is -0.0115. The summed E-state index contributed by atoms with van der Waals surface area (Å²) in [6.07, 6.45) is 7.75. The van der Waals surface area contributed by atoms with Crippen LogP contribution in [0.5, 0.6) is 0 Å². The molecule has 0 aliphatic carbocycles. The molecule has 2 atom stereocenters. The van der Waals surface area contributed by atoms with Gasteiger partial charge in [0.25, 0.3) is 0 Å². The van der Waals surface area contributed by atoms with E-state index in [0.29, 0.717) is 30.1 Å². The number of carbonyl (C=O) groups is 1. The van der Waals surface area contributed by atoms with Gasteiger partial charge in [-0.25, -0.2) is 0 Å². The van der Waals surface area contributed by atoms with E-state index in [4.69, 9.17) is 4.42 Å². The molecule has 138 valence electrons. The van der Waals surface area contributed by atoms with Crippen molar-refractivity contribution in [3.8, 4) is 0 Å². The minimum atomic E-state index is 0.140. The highest BCUT2D eigenvalue weighted by Crippen LogP contribution is 2.41. The van der Waals surface area contributed by atoms with Gasteiger partial charge in [0.1, 0.15) is 5.58 Å². The van der Waals surface area contributed by atoms with Crippen molar-refractivity contribution < 1.29 is 9.21 Å². The van der Waals surface area contributed by atoms with E-state index in [9.17, 15) is 4.79 Å². The second kappa shape index (κ2) is 6.93. The number of ketones is 1. The van der Waals surface area contributed by atoms with Crippen LogP contribution in [0.3, 0.4) is 0 Å². The Kier molecular flexibility index (Phi) is 4.29. The predicted octanol–water partition coefficient (Wildman–Crippen LogP) is 4.35.